The van der Waals surface area contributed by atoms with Crippen LogP contribution in [0.25, 0.3) is 11.1 Å². The molecule has 0 saturated carbocycles. The molecule has 42 heavy (non-hydrogen) atoms. The van der Waals surface area contributed by atoms with E-state index in [9.17, 15) is 13.5 Å². The minimum atomic E-state index is -3.75. The van der Waals surface area contributed by atoms with Gasteiger partial charge < -0.3 is 20.9 Å². The Morgan fingerprint density at radius 1 is 1.05 bits per heavy atom. The summed E-state index contributed by atoms with van der Waals surface area (Å²) >= 11 is 0. The molecule has 2 aromatic heterocycles. The lowest BCUT2D eigenvalue weighted by Gasteiger charge is -2.21. The number of aryl methyl sites for hydroxylation is 1. The summed E-state index contributed by atoms with van der Waals surface area (Å²) in [6.45, 7) is 7.50. The van der Waals surface area contributed by atoms with Crippen molar-refractivity contribution < 1.29 is 18.3 Å². The summed E-state index contributed by atoms with van der Waals surface area (Å²) in [4.78, 5) is 9.13. The van der Waals surface area contributed by atoms with Crippen LogP contribution in [0.4, 0.5) is 5.82 Å². The second-order valence-corrected chi connectivity index (χ2v) is 12.5. The van der Waals surface area contributed by atoms with Gasteiger partial charge in [0.2, 0.25) is 10.0 Å². The van der Waals surface area contributed by atoms with Gasteiger partial charge in [0.25, 0.3) is 0 Å². The van der Waals surface area contributed by atoms with E-state index in [1.807, 2.05) is 25.1 Å². The molecule has 0 amide bonds. The van der Waals surface area contributed by atoms with Gasteiger partial charge in [-0.15, -0.1) is 0 Å². The van der Waals surface area contributed by atoms with Crippen molar-refractivity contribution in [2.24, 2.45) is 5.73 Å². The van der Waals surface area contributed by atoms with Crippen molar-refractivity contribution in [3.8, 4) is 16.9 Å². The van der Waals surface area contributed by atoms with Gasteiger partial charge in [-0.2, -0.15) is 0 Å². The summed E-state index contributed by atoms with van der Waals surface area (Å²) in [5.41, 5.74) is 9.63. The number of sulfonamides is 1. The zero-order chi connectivity index (χ0) is 30.5. The third-order valence-electron chi connectivity index (χ3n) is 6.34. The Kier molecular flexibility index (Phi) is 9.25. The number of nitrogens with zero attached hydrogens (tertiary/aromatic N) is 2. The van der Waals surface area contributed by atoms with Crippen molar-refractivity contribution in [1.29, 1.82) is 5.41 Å². The topological polar surface area (TPSA) is 163 Å². The molecule has 0 unspecified atom stereocenters. The molecular weight excluding hydrogens is 552 g/mol. The van der Waals surface area contributed by atoms with E-state index in [1.165, 1.54) is 0 Å². The van der Waals surface area contributed by atoms with E-state index in [0.29, 0.717) is 46.1 Å². The quantitative estimate of drug-likeness (QED) is 0.126. The predicted molar refractivity (Wildman–Crippen MR) is 164 cm³/mol. The van der Waals surface area contributed by atoms with Gasteiger partial charge in [0, 0.05) is 46.7 Å². The Morgan fingerprint density at radius 3 is 2.48 bits per heavy atom. The van der Waals surface area contributed by atoms with Crippen LogP contribution < -0.4 is 20.5 Å². The maximum atomic E-state index is 13.1. The summed E-state index contributed by atoms with van der Waals surface area (Å²) in [7, 11) is -3.75. The molecule has 220 valence electrons. The standard InChI is InChI=1S/C31H36N6O4S/c1-20-29(41-19-21-8-7-9-22(14-21)30(32)33)26(18-38)24(16-34-20)17-36-28-13-12-23(15-35-28)25-10-5-6-11-27(25)42(39,40)37-31(2,3)4/h5-16,37-38H,17-19H2,1-4H3,(H3,32,33)(H,35,36). The highest BCUT2D eigenvalue weighted by Gasteiger charge is 2.25. The molecule has 0 bridgehead atoms. The van der Waals surface area contributed by atoms with Gasteiger partial charge in [-0.1, -0.05) is 36.4 Å². The van der Waals surface area contributed by atoms with Crippen molar-refractivity contribution in [3.05, 3.63) is 101 Å². The lowest BCUT2D eigenvalue weighted by molar-refractivity contribution is 0.256. The van der Waals surface area contributed by atoms with Gasteiger partial charge >= 0.3 is 0 Å². The normalized spacial score (nSPS) is 11.7. The summed E-state index contributed by atoms with van der Waals surface area (Å²) in [5.74, 6) is 1.04. The van der Waals surface area contributed by atoms with Crippen LogP contribution in [0.2, 0.25) is 0 Å². The first-order chi connectivity index (χ1) is 19.9. The second kappa shape index (κ2) is 12.7. The maximum absolute atomic E-state index is 13.1. The minimum Gasteiger partial charge on any atom is -0.487 e. The number of anilines is 1. The molecule has 4 rings (SSSR count). The Labute approximate surface area is 246 Å². The number of pyridine rings is 2. The number of nitrogens with two attached hydrogens (primary N) is 1. The van der Waals surface area contributed by atoms with Crippen LogP contribution in [0.3, 0.4) is 0 Å². The molecule has 0 aliphatic carbocycles. The van der Waals surface area contributed by atoms with Crippen molar-refractivity contribution in [2.75, 3.05) is 5.32 Å². The fourth-order valence-corrected chi connectivity index (χ4v) is 6.07. The fourth-order valence-electron chi connectivity index (χ4n) is 4.42. The van der Waals surface area contributed by atoms with Gasteiger partial charge in [0.15, 0.2) is 0 Å². The third-order valence-corrected chi connectivity index (χ3v) is 8.15. The molecule has 6 N–H and O–H groups in total. The molecular formula is C31H36N6O4S. The first kappa shape index (κ1) is 30.6. The van der Waals surface area contributed by atoms with Crippen LogP contribution in [-0.4, -0.2) is 34.9 Å². The smallest absolute Gasteiger partial charge is 0.241 e. The van der Waals surface area contributed by atoms with Crippen molar-refractivity contribution >= 4 is 21.7 Å². The van der Waals surface area contributed by atoms with Crippen LogP contribution in [0.5, 0.6) is 5.75 Å². The molecule has 11 heteroatoms. The molecule has 0 aliphatic rings. The van der Waals surface area contributed by atoms with E-state index >= 15 is 0 Å². The first-order valence-electron chi connectivity index (χ1n) is 13.4. The SMILES string of the molecule is Cc1ncc(CNc2ccc(-c3ccccc3S(=O)(=O)NC(C)(C)C)cn2)c(CO)c1OCc1cccc(C(=N)N)c1. The van der Waals surface area contributed by atoms with Crippen molar-refractivity contribution in [2.45, 2.75) is 57.9 Å². The highest BCUT2D eigenvalue weighted by atomic mass is 32.2. The molecule has 0 radical (unpaired) electrons. The monoisotopic (exact) mass is 588 g/mol. The summed E-state index contributed by atoms with van der Waals surface area (Å²) < 4.78 is 34.9. The lowest BCUT2D eigenvalue weighted by atomic mass is 10.1. The molecule has 0 fully saturated rings. The van der Waals surface area contributed by atoms with Gasteiger partial charge in [-0.3, -0.25) is 10.4 Å². The molecule has 0 saturated heterocycles. The van der Waals surface area contributed by atoms with E-state index in [4.69, 9.17) is 15.9 Å². The van der Waals surface area contributed by atoms with Crippen LogP contribution in [0.1, 0.15) is 48.7 Å². The third kappa shape index (κ3) is 7.49. The van der Waals surface area contributed by atoms with E-state index in [1.54, 1.807) is 75.6 Å². The van der Waals surface area contributed by atoms with Crippen LogP contribution >= 0.6 is 0 Å². The highest BCUT2D eigenvalue weighted by Crippen LogP contribution is 2.29. The Morgan fingerprint density at radius 2 is 1.81 bits per heavy atom. The predicted octanol–water partition coefficient (Wildman–Crippen LogP) is 4.50. The number of aliphatic hydroxyl groups is 1. The van der Waals surface area contributed by atoms with E-state index in [0.717, 1.165) is 11.1 Å². The molecule has 0 atom stereocenters. The van der Waals surface area contributed by atoms with Crippen LogP contribution in [0, 0.1) is 12.3 Å². The van der Waals surface area contributed by atoms with E-state index in [2.05, 4.69) is 20.0 Å². The summed E-state index contributed by atoms with van der Waals surface area (Å²) in [6.07, 6.45) is 3.31. The van der Waals surface area contributed by atoms with Crippen LogP contribution in [0.15, 0.2) is 78.0 Å². The number of hydrogen-bond acceptors (Lipinski definition) is 8. The number of rotatable bonds is 11. The molecule has 2 aromatic carbocycles. The van der Waals surface area contributed by atoms with Crippen molar-refractivity contribution in [3.63, 3.8) is 0 Å². The number of nitrogens with one attached hydrogen (secondary N) is 3. The number of aliphatic hydroxyl groups excluding tert-OH is 1. The molecule has 10 nitrogen and oxygen atoms in total. The zero-order valence-electron chi connectivity index (χ0n) is 24.1. The van der Waals surface area contributed by atoms with Gasteiger partial charge in [-0.05, 0) is 63.1 Å². The number of amidine groups is 1. The maximum Gasteiger partial charge on any atom is 0.241 e. The summed E-state index contributed by atoms with van der Waals surface area (Å²) in [6, 6.07) is 17.6. The molecule has 0 aliphatic heterocycles. The fraction of sp³-hybridized carbons (Fsp3) is 0.258. The Balaban J connectivity index is 1.50. The number of benzene rings is 2. The summed E-state index contributed by atoms with van der Waals surface area (Å²) in [5, 5.41) is 21.1. The first-order valence-corrected chi connectivity index (χ1v) is 14.8. The Hall–Kier alpha value is -4.32. The average Bonchev–Trinajstić information content (AvgIpc) is 2.95. The van der Waals surface area contributed by atoms with Crippen molar-refractivity contribution in [1.82, 2.24) is 14.7 Å². The average molecular weight is 589 g/mol. The van der Waals surface area contributed by atoms with E-state index in [-0.39, 0.29) is 23.9 Å². The molecule has 0 spiro atoms. The zero-order valence-corrected chi connectivity index (χ0v) is 24.9. The number of aromatic nitrogens is 2. The van der Waals surface area contributed by atoms with Crippen LogP contribution in [-0.2, 0) is 29.8 Å². The number of ether oxygens (including phenoxy) is 1. The highest BCUT2D eigenvalue weighted by molar-refractivity contribution is 7.89. The Bertz CT molecular complexity index is 1680. The lowest BCUT2D eigenvalue weighted by Crippen LogP contribution is -2.40. The second-order valence-electron chi connectivity index (χ2n) is 10.9. The molecule has 2 heterocycles. The van der Waals surface area contributed by atoms with Gasteiger partial charge in [-0.25, -0.2) is 18.1 Å². The minimum absolute atomic E-state index is 0.0211. The van der Waals surface area contributed by atoms with E-state index < -0.39 is 15.6 Å². The van der Waals surface area contributed by atoms with Gasteiger partial charge in [0.1, 0.15) is 24.0 Å². The number of nitrogen functional groups attached to an aromatic ring is 1. The largest absolute Gasteiger partial charge is 0.487 e. The number of hydrogen-bond donors (Lipinski definition) is 5. The van der Waals surface area contributed by atoms with Gasteiger partial charge in [0.05, 0.1) is 17.2 Å². The molecule has 4 aromatic rings.